The maximum Gasteiger partial charge on any atom is 0.338 e. The van der Waals surface area contributed by atoms with E-state index in [-0.39, 0.29) is 32.2 Å². The first kappa shape index (κ1) is 25.4. The minimum absolute atomic E-state index is 0.140. The van der Waals surface area contributed by atoms with Crippen LogP contribution in [-0.2, 0) is 32.2 Å². The number of rotatable bonds is 10. The standard InChI is InChI=1S/C29H29NO5/c1-3-34-27(31)20-30(19-24-10-6-4-7-11-24)28(32)22(2)18-23-14-16-26(17-15-23)29(33)35-21-25-12-8-5-9-13-25/h4-18H,3,19-21H2,1-2H3/b22-18+. The molecule has 1 amide bonds. The lowest BCUT2D eigenvalue weighted by Gasteiger charge is -2.22. The van der Waals surface area contributed by atoms with Crippen molar-refractivity contribution in [2.75, 3.05) is 13.2 Å². The molecule has 6 heteroatoms. The number of hydrogen-bond acceptors (Lipinski definition) is 5. The molecule has 0 unspecified atom stereocenters. The van der Waals surface area contributed by atoms with Crippen molar-refractivity contribution >= 4 is 23.9 Å². The van der Waals surface area contributed by atoms with Crippen molar-refractivity contribution in [3.05, 3.63) is 113 Å². The zero-order valence-corrected chi connectivity index (χ0v) is 20.0. The molecule has 180 valence electrons. The Morgan fingerprint density at radius 1 is 0.800 bits per heavy atom. The monoisotopic (exact) mass is 471 g/mol. The molecule has 0 saturated carbocycles. The van der Waals surface area contributed by atoms with Crippen molar-refractivity contribution in [3.63, 3.8) is 0 Å². The van der Waals surface area contributed by atoms with Gasteiger partial charge in [-0.1, -0.05) is 72.8 Å². The van der Waals surface area contributed by atoms with Crippen LogP contribution in [0, 0.1) is 0 Å². The van der Waals surface area contributed by atoms with E-state index >= 15 is 0 Å². The summed E-state index contributed by atoms with van der Waals surface area (Å²) in [4.78, 5) is 39.1. The van der Waals surface area contributed by atoms with E-state index in [9.17, 15) is 14.4 Å². The van der Waals surface area contributed by atoms with Crippen molar-refractivity contribution in [1.82, 2.24) is 4.90 Å². The van der Waals surface area contributed by atoms with E-state index in [2.05, 4.69) is 0 Å². The summed E-state index contributed by atoms with van der Waals surface area (Å²) in [5.41, 5.74) is 3.47. The van der Waals surface area contributed by atoms with E-state index in [1.807, 2.05) is 60.7 Å². The fourth-order valence-electron chi connectivity index (χ4n) is 3.45. The minimum atomic E-state index is -0.456. The molecule has 3 aromatic rings. The summed E-state index contributed by atoms with van der Waals surface area (Å²) in [5, 5.41) is 0. The van der Waals surface area contributed by atoms with Crippen molar-refractivity contribution in [1.29, 1.82) is 0 Å². The summed E-state index contributed by atoms with van der Waals surface area (Å²) in [5.74, 6) is -1.14. The Bertz CT molecular complexity index is 1150. The number of amides is 1. The van der Waals surface area contributed by atoms with Crippen molar-refractivity contribution in [2.45, 2.75) is 27.0 Å². The topological polar surface area (TPSA) is 72.9 Å². The predicted octanol–water partition coefficient (Wildman–Crippen LogP) is 5.04. The molecule has 0 radical (unpaired) electrons. The second-order valence-electron chi connectivity index (χ2n) is 7.96. The first-order valence-electron chi connectivity index (χ1n) is 11.4. The lowest BCUT2D eigenvalue weighted by atomic mass is 10.1. The van der Waals surface area contributed by atoms with Crippen LogP contribution in [0.4, 0.5) is 0 Å². The van der Waals surface area contributed by atoms with Gasteiger partial charge >= 0.3 is 11.9 Å². The van der Waals surface area contributed by atoms with Gasteiger partial charge < -0.3 is 14.4 Å². The van der Waals surface area contributed by atoms with Crippen LogP contribution < -0.4 is 0 Å². The van der Waals surface area contributed by atoms with Crippen LogP contribution in [0.3, 0.4) is 0 Å². The van der Waals surface area contributed by atoms with E-state index in [0.717, 1.165) is 16.7 Å². The van der Waals surface area contributed by atoms with Crippen LogP contribution >= 0.6 is 0 Å². The largest absolute Gasteiger partial charge is 0.465 e. The average molecular weight is 472 g/mol. The van der Waals surface area contributed by atoms with Gasteiger partial charge in [0, 0.05) is 12.1 Å². The fourth-order valence-corrected chi connectivity index (χ4v) is 3.45. The highest BCUT2D eigenvalue weighted by Crippen LogP contribution is 2.15. The molecule has 0 aliphatic rings. The van der Waals surface area contributed by atoms with E-state index in [4.69, 9.17) is 9.47 Å². The van der Waals surface area contributed by atoms with Crippen LogP contribution in [0.5, 0.6) is 0 Å². The van der Waals surface area contributed by atoms with Crippen molar-refractivity contribution < 1.29 is 23.9 Å². The van der Waals surface area contributed by atoms with Crippen LogP contribution in [0.15, 0.2) is 90.5 Å². The van der Waals surface area contributed by atoms with Crippen LogP contribution in [0.2, 0.25) is 0 Å². The Hall–Kier alpha value is -4.19. The van der Waals surface area contributed by atoms with Gasteiger partial charge in [-0.25, -0.2) is 4.79 Å². The summed E-state index contributed by atoms with van der Waals surface area (Å²) >= 11 is 0. The number of benzene rings is 3. The lowest BCUT2D eigenvalue weighted by Crippen LogP contribution is -2.36. The van der Waals surface area contributed by atoms with Crippen LogP contribution in [-0.4, -0.2) is 35.9 Å². The Kier molecular flexibility index (Phi) is 9.37. The van der Waals surface area contributed by atoms with Gasteiger partial charge in [-0.15, -0.1) is 0 Å². The highest BCUT2D eigenvalue weighted by atomic mass is 16.5. The fraction of sp³-hybridized carbons (Fsp3) is 0.207. The Morgan fingerprint density at radius 3 is 2.00 bits per heavy atom. The van der Waals surface area contributed by atoms with Crippen molar-refractivity contribution in [3.8, 4) is 0 Å². The van der Waals surface area contributed by atoms with E-state index in [1.165, 1.54) is 4.90 Å². The molecule has 0 saturated heterocycles. The van der Waals surface area contributed by atoms with Gasteiger partial charge in [-0.2, -0.15) is 0 Å². The molecule has 0 N–H and O–H groups in total. The Morgan fingerprint density at radius 2 is 1.40 bits per heavy atom. The quantitative estimate of drug-likeness (QED) is 0.306. The smallest absolute Gasteiger partial charge is 0.338 e. The zero-order valence-electron chi connectivity index (χ0n) is 20.0. The summed E-state index contributed by atoms with van der Waals surface area (Å²) in [7, 11) is 0. The summed E-state index contributed by atoms with van der Waals surface area (Å²) in [6, 6.07) is 25.8. The number of ether oxygens (including phenoxy) is 2. The van der Waals surface area contributed by atoms with Gasteiger partial charge in [0.2, 0.25) is 5.91 Å². The van der Waals surface area contributed by atoms with Gasteiger partial charge in [0.1, 0.15) is 13.2 Å². The average Bonchev–Trinajstić information content (AvgIpc) is 2.88. The number of esters is 2. The Balaban J connectivity index is 1.67. The van der Waals surface area contributed by atoms with E-state index in [0.29, 0.717) is 11.1 Å². The lowest BCUT2D eigenvalue weighted by molar-refractivity contribution is -0.148. The first-order chi connectivity index (χ1) is 17.0. The van der Waals surface area contributed by atoms with Crippen LogP contribution in [0.25, 0.3) is 6.08 Å². The van der Waals surface area contributed by atoms with Gasteiger partial charge in [0.15, 0.2) is 0 Å². The molecule has 3 rings (SSSR count). The van der Waals surface area contributed by atoms with Gasteiger partial charge in [-0.3, -0.25) is 9.59 Å². The number of carbonyl (C=O) groups excluding carboxylic acids is 3. The third-order valence-electron chi connectivity index (χ3n) is 5.21. The van der Waals surface area contributed by atoms with Gasteiger partial charge in [0.05, 0.1) is 12.2 Å². The molecule has 0 atom stereocenters. The second kappa shape index (κ2) is 12.9. The maximum absolute atomic E-state index is 13.2. The number of hydrogen-bond donors (Lipinski definition) is 0. The molecule has 0 bridgehead atoms. The molecule has 0 spiro atoms. The summed E-state index contributed by atoms with van der Waals surface area (Å²) < 4.78 is 10.4. The van der Waals surface area contributed by atoms with Crippen molar-refractivity contribution in [2.24, 2.45) is 0 Å². The molecule has 0 aliphatic carbocycles. The molecule has 0 heterocycles. The SMILES string of the molecule is CCOC(=O)CN(Cc1ccccc1)C(=O)/C(C)=C/c1ccc(C(=O)OCc2ccccc2)cc1. The van der Waals surface area contributed by atoms with Gasteiger partial charge in [0.25, 0.3) is 0 Å². The molecule has 3 aromatic carbocycles. The predicted molar refractivity (Wildman–Crippen MR) is 134 cm³/mol. The molecule has 0 aromatic heterocycles. The molecular formula is C29H29NO5. The van der Waals surface area contributed by atoms with Crippen LogP contribution in [0.1, 0.15) is 40.9 Å². The maximum atomic E-state index is 13.2. The molecule has 35 heavy (non-hydrogen) atoms. The number of carbonyl (C=O) groups is 3. The first-order valence-corrected chi connectivity index (χ1v) is 11.4. The molecule has 6 nitrogen and oxygen atoms in total. The summed E-state index contributed by atoms with van der Waals surface area (Å²) in [6.45, 7) is 4.03. The van der Waals surface area contributed by atoms with E-state index < -0.39 is 11.9 Å². The highest BCUT2D eigenvalue weighted by Gasteiger charge is 2.20. The number of nitrogens with zero attached hydrogens (tertiary/aromatic N) is 1. The molecule has 0 fully saturated rings. The minimum Gasteiger partial charge on any atom is -0.465 e. The summed E-state index contributed by atoms with van der Waals surface area (Å²) in [6.07, 6.45) is 1.73. The molecule has 0 aliphatic heterocycles. The third kappa shape index (κ3) is 7.96. The molecular weight excluding hydrogens is 442 g/mol. The van der Waals surface area contributed by atoms with Gasteiger partial charge in [-0.05, 0) is 48.7 Å². The third-order valence-corrected chi connectivity index (χ3v) is 5.21. The zero-order chi connectivity index (χ0) is 25.0. The Labute approximate surface area is 205 Å². The second-order valence-corrected chi connectivity index (χ2v) is 7.96. The normalized spacial score (nSPS) is 11.0. The highest BCUT2D eigenvalue weighted by molar-refractivity contribution is 5.98. The van der Waals surface area contributed by atoms with E-state index in [1.54, 1.807) is 44.2 Å².